The molecule has 0 bridgehead atoms. The fourth-order valence-electron chi connectivity index (χ4n) is 2.99. The van der Waals surface area contributed by atoms with Crippen molar-refractivity contribution in [1.29, 1.82) is 0 Å². The van der Waals surface area contributed by atoms with Crippen molar-refractivity contribution >= 4 is 15.9 Å². The molecule has 2 rings (SSSR count). The van der Waals surface area contributed by atoms with Crippen LogP contribution in [-0.2, 0) is 14.8 Å². The fourth-order valence-corrected chi connectivity index (χ4v) is 3.82. The average Bonchev–Trinajstić information content (AvgIpc) is 2.38. The zero-order chi connectivity index (χ0) is 14.8. The van der Waals surface area contributed by atoms with Crippen LogP contribution in [0.5, 0.6) is 0 Å². The lowest BCUT2D eigenvalue weighted by Gasteiger charge is -2.36. The smallest absolute Gasteiger partial charge is 0.236 e. The van der Waals surface area contributed by atoms with Crippen molar-refractivity contribution in [3.8, 4) is 0 Å². The molecule has 0 aliphatic carbocycles. The van der Waals surface area contributed by atoms with E-state index < -0.39 is 10.0 Å². The first-order valence-electron chi connectivity index (χ1n) is 7.31. The van der Waals surface area contributed by atoms with Crippen molar-refractivity contribution in [2.45, 2.75) is 19.8 Å². The topological polar surface area (TPSA) is 60.9 Å². The van der Waals surface area contributed by atoms with Crippen molar-refractivity contribution in [1.82, 2.24) is 14.1 Å². The Bertz CT molecular complexity index is 444. The van der Waals surface area contributed by atoms with Gasteiger partial charge in [0.25, 0.3) is 0 Å². The Morgan fingerprint density at radius 1 is 1.15 bits per heavy atom. The quantitative estimate of drug-likeness (QED) is 0.726. The number of sulfonamides is 1. The number of amides is 1. The van der Waals surface area contributed by atoms with Crippen molar-refractivity contribution in [2.24, 2.45) is 5.92 Å². The number of hydrogen-bond donors (Lipinski definition) is 0. The van der Waals surface area contributed by atoms with Gasteiger partial charge in [-0.15, -0.1) is 0 Å². The molecule has 0 aromatic heterocycles. The SMILES string of the molecule is C[C@@H]1CCCN(CC(=O)N2CCN(S(C)(=O)=O)CC2)C1. The van der Waals surface area contributed by atoms with Crippen molar-refractivity contribution < 1.29 is 13.2 Å². The molecule has 0 aromatic rings. The summed E-state index contributed by atoms with van der Waals surface area (Å²) in [6.45, 7) is 6.55. The van der Waals surface area contributed by atoms with Crippen LogP contribution < -0.4 is 0 Å². The van der Waals surface area contributed by atoms with Gasteiger partial charge < -0.3 is 4.90 Å². The number of likely N-dealkylation sites (tertiary alicyclic amines) is 1. The molecular formula is C13H25N3O3S. The van der Waals surface area contributed by atoms with Gasteiger partial charge in [-0.2, -0.15) is 4.31 Å². The predicted molar refractivity (Wildman–Crippen MR) is 77.8 cm³/mol. The fraction of sp³-hybridized carbons (Fsp3) is 0.923. The summed E-state index contributed by atoms with van der Waals surface area (Å²) in [6.07, 6.45) is 3.63. The third-order valence-electron chi connectivity index (χ3n) is 4.16. The van der Waals surface area contributed by atoms with E-state index in [1.165, 1.54) is 17.0 Å². The van der Waals surface area contributed by atoms with E-state index in [1.54, 1.807) is 4.90 Å². The molecule has 0 saturated carbocycles. The van der Waals surface area contributed by atoms with Gasteiger partial charge in [-0.25, -0.2) is 8.42 Å². The van der Waals surface area contributed by atoms with Crippen molar-refractivity contribution in [3.63, 3.8) is 0 Å². The number of nitrogens with zero attached hydrogens (tertiary/aromatic N) is 3. The number of rotatable bonds is 3. The lowest BCUT2D eigenvalue weighted by molar-refractivity contribution is -0.134. The number of carbonyl (C=O) groups is 1. The van der Waals surface area contributed by atoms with E-state index in [-0.39, 0.29) is 5.91 Å². The molecule has 2 aliphatic heterocycles. The maximum Gasteiger partial charge on any atom is 0.236 e. The van der Waals surface area contributed by atoms with Gasteiger partial charge in [-0.05, 0) is 25.3 Å². The normalized spacial score (nSPS) is 26.7. The van der Waals surface area contributed by atoms with Crippen LogP contribution in [0.15, 0.2) is 0 Å². The summed E-state index contributed by atoms with van der Waals surface area (Å²) in [5, 5.41) is 0. The lowest BCUT2D eigenvalue weighted by Crippen LogP contribution is -2.53. The second-order valence-electron chi connectivity index (χ2n) is 6.03. The highest BCUT2D eigenvalue weighted by molar-refractivity contribution is 7.88. The minimum absolute atomic E-state index is 0.132. The molecule has 0 spiro atoms. The Morgan fingerprint density at radius 3 is 2.35 bits per heavy atom. The molecule has 0 N–H and O–H groups in total. The lowest BCUT2D eigenvalue weighted by atomic mass is 10.0. The first-order valence-corrected chi connectivity index (χ1v) is 9.16. The van der Waals surface area contributed by atoms with Gasteiger partial charge in [-0.1, -0.05) is 6.92 Å². The van der Waals surface area contributed by atoms with E-state index >= 15 is 0 Å². The molecule has 0 unspecified atom stereocenters. The second-order valence-corrected chi connectivity index (χ2v) is 8.01. The highest BCUT2D eigenvalue weighted by atomic mass is 32.2. The number of carbonyl (C=O) groups excluding carboxylic acids is 1. The Labute approximate surface area is 121 Å². The van der Waals surface area contributed by atoms with E-state index in [0.29, 0.717) is 38.6 Å². The second kappa shape index (κ2) is 6.41. The van der Waals surface area contributed by atoms with Crippen LogP contribution in [0.3, 0.4) is 0 Å². The molecule has 2 saturated heterocycles. The highest BCUT2D eigenvalue weighted by Crippen LogP contribution is 2.15. The first kappa shape index (κ1) is 15.7. The van der Waals surface area contributed by atoms with E-state index in [2.05, 4.69) is 11.8 Å². The van der Waals surface area contributed by atoms with E-state index in [4.69, 9.17) is 0 Å². The van der Waals surface area contributed by atoms with Gasteiger partial charge in [0.1, 0.15) is 0 Å². The molecule has 20 heavy (non-hydrogen) atoms. The molecule has 1 atom stereocenters. The van der Waals surface area contributed by atoms with Crippen LogP contribution in [0.25, 0.3) is 0 Å². The largest absolute Gasteiger partial charge is 0.339 e. The molecule has 0 aromatic carbocycles. The molecule has 2 aliphatic rings. The minimum Gasteiger partial charge on any atom is -0.339 e. The van der Waals surface area contributed by atoms with E-state index in [1.807, 2.05) is 0 Å². The first-order chi connectivity index (χ1) is 9.36. The number of piperazine rings is 1. The maximum atomic E-state index is 12.2. The van der Waals surface area contributed by atoms with Gasteiger partial charge in [-0.3, -0.25) is 9.69 Å². The van der Waals surface area contributed by atoms with Gasteiger partial charge >= 0.3 is 0 Å². The average molecular weight is 303 g/mol. The van der Waals surface area contributed by atoms with Crippen LogP contribution in [-0.4, -0.2) is 80.5 Å². The summed E-state index contributed by atoms with van der Waals surface area (Å²) in [7, 11) is -3.12. The highest BCUT2D eigenvalue weighted by Gasteiger charge is 2.27. The standard InChI is InChI=1S/C13H25N3O3S/c1-12-4-3-5-14(10-12)11-13(17)15-6-8-16(9-7-15)20(2,18)19/h12H,3-11H2,1-2H3/t12-/m1/s1. The van der Waals surface area contributed by atoms with Gasteiger partial charge in [0.2, 0.25) is 15.9 Å². The summed E-state index contributed by atoms with van der Waals surface area (Å²) in [6, 6.07) is 0. The van der Waals surface area contributed by atoms with Crippen molar-refractivity contribution in [2.75, 3.05) is 52.1 Å². The molecule has 6 nitrogen and oxygen atoms in total. The van der Waals surface area contributed by atoms with Gasteiger partial charge in [0, 0.05) is 32.7 Å². The van der Waals surface area contributed by atoms with Crippen LogP contribution >= 0.6 is 0 Å². The maximum absolute atomic E-state index is 12.2. The molecular weight excluding hydrogens is 278 g/mol. The van der Waals surface area contributed by atoms with Crippen LogP contribution in [0, 0.1) is 5.92 Å². The Kier molecular flexibility index (Phi) is 5.04. The molecule has 7 heteroatoms. The molecule has 1 amide bonds. The summed E-state index contributed by atoms with van der Waals surface area (Å²) in [5.41, 5.74) is 0. The monoisotopic (exact) mass is 303 g/mol. The Hall–Kier alpha value is -0.660. The van der Waals surface area contributed by atoms with Crippen LogP contribution in [0.1, 0.15) is 19.8 Å². The van der Waals surface area contributed by atoms with Gasteiger partial charge in [0.05, 0.1) is 12.8 Å². The Balaban J connectivity index is 1.80. The molecule has 0 radical (unpaired) electrons. The van der Waals surface area contributed by atoms with E-state index in [0.717, 1.165) is 19.5 Å². The minimum atomic E-state index is -3.12. The zero-order valence-corrected chi connectivity index (χ0v) is 13.2. The van der Waals surface area contributed by atoms with E-state index in [9.17, 15) is 13.2 Å². The predicted octanol–water partition coefficient (Wildman–Crippen LogP) is -0.178. The number of piperidine rings is 1. The molecule has 2 fully saturated rings. The molecule has 2 heterocycles. The van der Waals surface area contributed by atoms with Crippen molar-refractivity contribution in [3.05, 3.63) is 0 Å². The Morgan fingerprint density at radius 2 is 1.80 bits per heavy atom. The van der Waals surface area contributed by atoms with Crippen LogP contribution in [0.4, 0.5) is 0 Å². The number of hydrogen-bond acceptors (Lipinski definition) is 4. The summed E-state index contributed by atoms with van der Waals surface area (Å²) in [4.78, 5) is 16.3. The summed E-state index contributed by atoms with van der Waals surface area (Å²) < 4.78 is 24.3. The summed E-state index contributed by atoms with van der Waals surface area (Å²) >= 11 is 0. The molecule has 116 valence electrons. The zero-order valence-electron chi connectivity index (χ0n) is 12.4. The third-order valence-corrected chi connectivity index (χ3v) is 5.46. The van der Waals surface area contributed by atoms with Gasteiger partial charge in [0.15, 0.2) is 0 Å². The third kappa shape index (κ3) is 4.17. The summed E-state index contributed by atoms with van der Waals surface area (Å²) in [5.74, 6) is 0.797. The van der Waals surface area contributed by atoms with Crippen LogP contribution in [0.2, 0.25) is 0 Å².